The van der Waals surface area contributed by atoms with Crippen LogP contribution in [0.4, 0.5) is 0 Å². The summed E-state index contributed by atoms with van der Waals surface area (Å²) in [4.78, 5) is 4.22. The van der Waals surface area contributed by atoms with Crippen molar-refractivity contribution in [1.82, 2.24) is 15.8 Å². The molecule has 0 saturated carbocycles. The predicted molar refractivity (Wildman–Crippen MR) is 66.3 cm³/mol. The molecule has 2 atom stereocenters. The average molecular weight is 234 g/mol. The van der Waals surface area contributed by atoms with Crippen molar-refractivity contribution in [3.63, 3.8) is 0 Å². The van der Waals surface area contributed by atoms with Gasteiger partial charge in [0.15, 0.2) is 5.82 Å². The third-order valence-electron chi connectivity index (χ3n) is 3.64. The van der Waals surface area contributed by atoms with Crippen molar-refractivity contribution in [2.24, 2.45) is 22.4 Å². The van der Waals surface area contributed by atoms with Crippen LogP contribution in [-0.4, -0.2) is 29.7 Å². The first-order chi connectivity index (χ1) is 8.20. The second-order valence-corrected chi connectivity index (χ2v) is 4.76. The van der Waals surface area contributed by atoms with Gasteiger partial charge in [-0.25, -0.2) is 5.01 Å². The molecule has 3 aliphatic heterocycles. The number of fused-ring (bicyclic) bond motifs is 1. The Labute approximate surface area is 100 Å². The molecule has 3 heterocycles. The van der Waals surface area contributed by atoms with Gasteiger partial charge in [-0.3, -0.25) is 5.43 Å². The van der Waals surface area contributed by atoms with Crippen molar-refractivity contribution in [1.29, 1.82) is 0 Å². The van der Waals surface area contributed by atoms with E-state index < -0.39 is 5.66 Å². The monoisotopic (exact) mass is 234 g/mol. The molecule has 0 aliphatic carbocycles. The molecule has 3 aliphatic rings. The zero-order chi connectivity index (χ0) is 11.9. The number of rotatable bonds is 1. The summed E-state index contributed by atoms with van der Waals surface area (Å²) in [5, 5.41) is 5.27. The molecule has 6 N–H and O–H groups in total. The SMILES string of the molecule is NC1=NC2=CC=CC(N)(C3CCCNC3)N2N1. The maximum absolute atomic E-state index is 6.55. The second kappa shape index (κ2) is 3.75. The maximum atomic E-state index is 6.55. The Balaban J connectivity index is 1.88. The van der Waals surface area contributed by atoms with E-state index in [0.29, 0.717) is 11.9 Å². The molecule has 17 heavy (non-hydrogen) atoms. The average Bonchev–Trinajstić information content (AvgIpc) is 2.73. The molecule has 0 spiro atoms. The zero-order valence-electron chi connectivity index (χ0n) is 9.69. The van der Waals surface area contributed by atoms with E-state index in [-0.39, 0.29) is 0 Å². The van der Waals surface area contributed by atoms with Gasteiger partial charge in [0.05, 0.1) is 0 Å². The van der Waals surface area contributed by atoms with Crippen LogP contribution in [0.1, 0.15) is 12.8 Å². The molecule has 92 valence electrons. The van der Waals surface area contributed by atoms with E-state index in [1.165, 1.54) is 0 Å². The Morgan fingerprint density at radius 1 is 1.53 bits per heavy atom. The van der Waals surface area contributed by atoms with E-state index in [4.69, 9.17) is 11.5 Å². The van der Waals surface area contributed by atoms with E-state index >= 15 is 0 Å². The largest absolute Gasteiger partial charge is 0.368 e. The number of piperidine rings is 1. The summed E-state index contributed by atoms with van der Waals surface area (Å²) in [5.41, 5.74) is 14.7. The molecule has 1 fully saturated rings. The fourth-order valence-electron chi connectivity index (χ4n) is 2.71. The lowest BCUT2D eigenvalue weighted by molar-refractivity contribution is 0.0767. The fraction of sp³-hybridized carbons (Fsp3) is 0.545. The third kappa shape index (κ3) is 1.60. The van der Waals surface area contributed by atoms with Gasteiger partial charge in [0.2, 0.25) is 5.96 Å². The molecule has 6 heteroatoms. The Hall–Kier alpha value is -1.53. The van der Waals surface area contributed by atoms with Gasteiger partial charge in [-0.15, -0.1) is 0 Å². The summed E-state index contributed by atoms with van der Waals surface area (Å²) in [6.07, 6.45) is 8.16. The van der Waals surface area contributed by atoms with E-state index in [1.54, 1.807) is 0 Å². The summed E-state index contributed by atoms with van der Waals surface area (Å²) in [7, 11) is 0. The quantitative estimate of drug-likeness (QED) is 0.476. The highest BCUT2D eigenvalue weighted by Crippen LogP contribution is 2.32. The number of allylic oxidation sites excluding steroid dienone is 2. The minimum absolute atomic E-state index is 0.352. The van der Waals surface area contributed by atoms with Crippen LogP contribution in [0.15, 0.2) is 29.0 Å². The summed E-state index contributed by atoms with van der Waals surface area (Å²) >= 11 is 0. The number of hydrogen-bond donors (Lipinski definition) is 4. The van der Waals surface area contributed by atoms with Gasteiger partial charge in [-0.2, -0.15) is 4.99 Å². The van der Waals surface area contributed by atoms with Crippen LogP contribution in [0.2, 0.25) is 0 Å². The van der Waals surface area contributed by atoms with Crippen molar-refractivity contribution < 1.29 is 0 Å². The van der Waals surface area contributed by atoms with E-state index in [9.17, 15) is 0 Å². The van der Waals surface area contributed by atoms with Crippen LogP contribution in [0, 0.1) is 5.92 Å². The van der Waals surface area contributed by atoms with Crippen molar-refractivity contribution >= 4 is 5.96 Å². The number of aliphatic imine (C=N–C) groups is 1. The van der Waals surface area contributed by atoms with Crippen molar-refractivity contribution in [2.45, 2.75) is 18.5 Å². The Kier molecular flexibility index (Phi) is 2.34. The molecule has 0 amide bonds. The number of hydrazine groups is 1. The summed E-state index contributed by atoms with van der Waals surface area (Å²) in [6.45, 7) is 2.00. The smallest absolute Gasteiger partial charge is 0.214 e. The Bertz CT molecular complexity index is 406. The lowest BCUT2D eigenvalue weighted by Crippen LogP contribution is -2.65. The number of nitrogens with zero attached hydrogens (tertiary/aromatic N) is 2. The lowest BCUT2D eigenvalue weighted by Gasteiger charge is -2.45. The van der Waals surface area contributed by atoms with Gasteiger partial charge in [0.25, 0.3) is 0 Å². The highest BCUT2D eigenvalue weighted by molar-refractivity contribution is 5.80. The molecular formula is C11H18N6. The van der Waals surface area contributed by atoms with Gasteiger partial charge in [-0.1, -0.05) is 6.08 Å². The molecule has 1 saturated heterocycles. The van der Waals surface area contributed by atoms with Crippen LogP contribution in [0.5, 0.6) is 0 Å². The molecule has 0 aromatic heterocycles. The van der Waals surface area contributed by atoms with Crippen LogP contribution >= 0.6 is 0 Å². The normalized spacial score (nSPS) is 36.1. The zero-order valence-corrected chi connectivity index (χ0v) is 9.69. The molecule has 0 aromatic rings. The Morgan fingerprint density at radius 3 is 3.18 bits per heavy atom. The second-order valence-electron chi connectivity index (χ2n) is 4.76. The van der Waals surface area contributed by atoms with Crippen molar-refractivity contribution in [2.75, 3.05) is 13.1 Å². The first-order valence-electron chi connectivity index (χ1n) is 6.00. The third-order valence-corrected chi connectivity index (χ3v) is 3.64. The molecular weight excluding hydrogens is 216 g/mol. The van der Waals surface area contributed by atoms with Crippen LogP contribution in [0.25, 0.3) is 0 Å². The Morgan fingerprint density at radius 2 is 2.41 bits per heavy atom. The number of nitrogens with one attached hydrogen (secondary N) is 2. The van der Waals surface area contributed by atoms with Crippen molar-refractivity contribution in [3.05, 3.63) is 24.0 Å². The predicted octanol–water partition coefficient (Wildman–Crippen LogP) is -0.813. The molecule has 6 nitrogen and oxygen atoms in total. The summed E-state index contributed by atoms with van der Waals surface area (Å²) in [5.74, 6) is 1.54. The topological polar surface area (TPSA) is 91.7 Å². The van der Waals surface area contributed by atoms with E-state index in [2.05, 4.69) is 15.7 Å². The highest BCUT2D eigenvalue weighted by atomic mass is 15.7. The van der Waals surface area contributed by atoms with E-state index in [1.807, 2.05) is 23.2 Å². The van der Waals surface area contributed by atoms with Gasteiger partial charge >= 0.3 is 0 Å². The molecule has 0 aromatic carbocycles. The van der Waals surface area contributed by atoms with Gasteiger partial charge in [-0.05, 0) is 31.5 Å². The maximum Gasteiger partial charge on any atom is 0.214 e. The lowest BCUT2D eigenvalue weighted by atomic mass is 9.84. The minimum atomic E-state index is -0.553. The summed E-state index contributed by atoms with van der Waals surface area (Å²) in [6, 6.07) is 0. The molecule has 2 unspecified atom stereocenters. The van der Waals surface area contributed by atoms with Gasteiger partial charge in [0.1, 0.15) is 5.66 Å². The van der Waals surface area contributed by atoms with Crippen molar-refractivity contribution in [3.8, 4) is 0 Å². The molecule has 3 rings (SSSR count). The first-order valence-corrected chi connectivity index (χ1v) is 6.00. The minimum Gasteiger partial charge on any atom is -0.368 e. The molecule has 0 radical (unpaired) electrons. The van der Waals surface area contributed by atoms with Crippen LogP contribution < -0.4 is 22.2 Å². The van der Waals surface area contributed by atoms with Gasteiger partial charge < -0.3 is 16.8 Å². The number of guanidine groups is 1. The van der Waals surface area contributed by atoms with Gasteiger partial charge in [0, 0.05) is 12.5 Å². The first kappa shape index (κ1) is 10.6. The fourth-order valence-corrected chi connectivity index (χ4v) is 2.71. The van der Waals surface area contributed by atoms with E-state index in [0.717, 1.165) is 31.8 Å². The van der Waals surface area contributed by atoms with Crippen LogP contribution in [-0.2, 0) is 0 Å². The standard InChI is InChI=1S/C11H18N6/c12-10-15-9-4-1-5-11(13,17(9)16-10)8-3-2-6-14-7-8/h1,4-5,8,14H,2-3,6-7,13H2,(H3,12,15,16). The number of hydrogen-bond acceptors (Lipinski definition) is 6. The number of nitrogens with two attached hydrogens (primary N) is 2. The molecule has 0 bridgehead atoms. The van der Waals surface area contributed by atoms with Crippen LogP contribution in [0.3, 0.4) is 0 Å². The summed E-state index contributed by atoms with van der Waals surface area (Å²) < 4.78 is 0. The highest BCUT2D eigenvalue weighted by Gasteiger charge is 2.43.